The third kappa shape index (κ3) is 2.97. The van der Waals surface area contributed by atoms with Crippen molar-refractivity contribution in [3.8, 4) is 0 Å². The van der Waals surface area contributed by atoms with Gasteiger partial charge in [-0.15, -0.1) is 0 Å². The van der Waals surface area contributed by atoms with Crippen LogP contribution < -0.4 is 5.32 Å². The molecule has 2 atom stereocenters. The topological polar surface area (TPSA) is 66.4 Å². The highest BCUT2D eigenvalue weighted by molar-refractivity contribution is 5.80. The Labute approximate surface area is 95.4 Å². The van der Waals surface area contributed by atoms with Gasteiger partial charge in [0.05, 0.1) is 5.92 Å². The Bertz CT molecular complexity index is 286. The van der Waals surface area contributed by atoms with Crippen molar-refractivity contribution < 1.29 is 14.7 Å². The lowest BCUT2D eigenvalue weighted by Gasteiger charge is -2.10. The van der Waals surface area contributed by atoms with Crippen molar-refractivity contribution in [2.45, 2.75) is 38.5 Å². The summed E-state index contributed by atoms with van der Waals surface area (Å²) in [5, 5.41) is 11.8. The molecule has 4 nitrogen and oxygen atoms in total. The summed E-state index contributed by atoms with van der Waals surface area (Å²) < 4.78 is 0. The van der Waals surface area contributed by atoms with E-state index >= 15 is 0 Å². The molecule has 2 saturated carbocycles. The van der Waals surface area contributed by atoms with E-state index in [1.54, 1.807) is 0 Å². The highest BCUT2D eigenvalue weighted by Gasteiger charge is 2.33. The van der Waals surface area contributed by atoms with Crippen molar-refractivity contribution >= 4 is 11.9 Å². The van der Waals surface area contributed by atoms with Crippen LogP contribution in [0.4, 0.5) is 0 Å². The highest BCUT2D eigenvalue weighted by Crippen LogP contribution is 2.32. The number of aliphatic carboxylic acids is 1. The van der Waals surface area contributed by atoms with Crippen LogP contribution in [0.5, 0.6) is 0 Å². The Balaban J connectivity index is 1.66. The van der Waals surface area contributed by atoms with Gasteiger partial charge in [0.25, 0.3) is 0 Å². The monoisotopic (exact) mass is 225 g/mol. The number of amides is 1. The fraction of sp³-hybridized carbons (Fsp3) is 0.833. The van der Waals surface area contributed by atoms with Gasteiger partial charge in [0.1, 0.15) is 0 Å². The van der Waals surface area contributed by atoms with E-state index in [9.17, 15) is 9.59 Å². The molecule has 2 rings (SSSR count). The predicted molar refractivity (Wildman–Crippen MR) is 58.8 cm³/mol. The molecule has 2 aliphatic rings. The molecule has 2 aliphatic carbocycles. The number of hydrogen-bond acceptors (Lipinski definition) is 2. The molecule has 0 spiro atoms. The van der Waals surface area contributed by atoms with E-state index in [0.29, 0.717) is 12.8 Å². The van der Waals surface area contributed by atoms with Gasteiger partial charge >= 0.3 is 5.97 Å². The lowest BCUT2D eigenvalue weighted by Crippen LogP contribution is -2.30. The molecule has 16 heavy (non-hydrogen) atoms. The van der Waals surface area contributed by atoms with Crippen molar-refractivity contribution in [3.63, 3.8) is 0 Å². The van der Waals surface area contributed by atoms with Crippen LogP contribution in [-0.2, 0) is 9.59 Å². The molecule has 0 bridgehead atoms. The van der Waals surface area contributed by atoms with Gasteiger partial charge in [0.15, 0.2) is 0 Å². The molecule has 4 heteroatoms. The molecule has 2 N–H and O–H groups in total. The first-order valence-electron chi connectivity index (χ1n) is 6.17. The lowest BCUT2D eigenvalue weighted by atomic mass is 10.0. The molecule has 0 radical (unpaired) electrons. The summed E-state index contributed by atoms with van der Waals surface area (Å²) in [4.78, 5) is 22.5. The van der Waals surface area contributed by atoms with Crippen LogP contribution >= 0.6 is 0 Å². The smallest absolute Gasteiger partial charge is 0.306 e. The minimum Gasteiger partial charge on any atom is -0.481 e. The van der Waals surface area contributed by atoms with E-state index in [4.69, 9.17) is 5.11 Å². The van der Waals surface area contributed by atoms with Gasteiger partial charge in [0.2, 0.25) is 5.91 Å². The van der Waals surface area contributed by atoms with E-state index < -0.39 is 5.97 Å². The first-order chi connectivity index (χ1) is 7.66. The zero-order valence-corrected chi connectivity index (χ0v) is 9.45. The van der Waals surface area contributed by atoms with E-state index in [2.05, 4.69) is 5.32 Å². The molecule has 90 valence electrons. The zero-order chi connectivity index (χ0) is 11.5. The molecule has 0 aromatic heterocycles. The van der Waals surface area contributed by atoms with Crippen LogP contribution in [0.1, 0.15) is 38.5 Å². The van der Waals surface area contributed by atoms with Gasteiger partial charge < -0.3 is 10.4 Å². The fourth-order valence-corrected chi connectivity index (χ4v) is 2.39. The summed E-state index contributed by atoms with van der Waals surface area (Å²) in [6, 6.07) is 0. The Kier molecular flexibility index (Phi) is 3.46. The standard InChI is InChI=1S/C12H19NO3/c14-11(13-6-5-8-1-2-8)9-3-4-10(7-9)12(15)16/h8-10H,1-7H2,(H,13,14)(H,15,16)/t9-,10+/m0/s1. The normalized spacial score (nSPS) is 29.0. The summed E-state index contributed by atoms with van der Waals surface area (Å²) in [5.74, 6) is -0.243. The number of carboxylic acids is 1. The molecule has 0 unspecified atom stereocenters. The van der Waals surface area contributed by atoms with Gasteiger partial charge in [-0.1, -0.05) is 12.8 Å². The van der Waals surface area contributed by atoms with Crippen molar-refractivity contribution in [2.75, 3.05) is 6.54 Å². The van der Waals surface area contributed by atoms with Crippen molar-refractivity contribution in [1.82, 2.24) is 5.32 Å². The Hall–Kier alpha value is -1.06. The zero-order valence-electron chi connectivity index (χ0n) is 9.45. The van der Waals surface area contributed by atoms with E-state index in [0.717, 1.165) is 25.3 Å². The first-order valence-corrected chi connectivity index (χ1v) is 6.17. The van der Waals surface area contributed by atoms with Crippen LogP contribution in [0.3, 0.4) is 0 Å². The van der Waals surface area contributed by atoms with E-state index in [1.807, 2.05) is 0 Å². The maximum Gasteiger partial charge on any atom is 0.306 e. The summed E-state index contributed by atoms with van der Waals surface area (Å²) in [5.41, 5.74) is 0. The molecule has 0 heterocycles. The van der Waals surface area contributed by atoms with Crippen molar-refractivity contribution in [2.24, 2.45) is 17.8 Å². The molecule has 0 aromatic rings. The fourth-order valence-electron chi connectivity index (χ4n) is 2.39. The number of carbonyl (C=O) groups is 2. The summed E-state index contributed by atoms with van der Waals surface area (Å²) >= 11 is 0. The average molecular weight is 225 g/mol. The number of nitrogens with one attached hydrogen (secondary N) is 1. The maximum absolute atomic E-state index is 11.7. The van der Waals surface area contributed by atoms with Gasteiger partial charge in [-0.05, 0) is 31.6 Å². The molecule has 0 saturated heterocycles. The molecule has 2 fully saturated rings. The van der Waals surface area contributed by atoms with Crippen LogP contribution in [-0.4, -0.2) is 23.5 Å². The maximum atomic E-state index is 11.7. The van der Waals surface area contributed by atoms with Crippen molar-refractivity contribution in [3.05, 3.63) is 0 Å². The molecular weight excluding hydrogens is 206 g/mol. The Morgan fingerprint density at radius 2 is 1.81 bits per heavy atom. The molecule has 0 aliphatic heterocycles. The Morgan fingerprint density at radius 1 is 1.12 bits per heavy atom. The van der Waals surface area contributed by atoms with Crippen LogP contribution in [0.25, 0.3) is 0 Å². The van der Waals surface area contributed by atoms with Crippen LogP contribution in [0.15, 0.2) is 0 Å². The molecule has 0 aromatic carbocycles. The van der Waals surface area contributed by atoms with Crippen LogP contribution in [0.2, 0.25) is 0 Å². The van der Waals surface area contributed by atoms with E-state index in [1.165, 1.54) is 12.8 Å². The third-order valence-electron chi connectivity index (χ3n) is 3.70. The van der Waals surface area contributed by atoms with Gasteiger partial charge in [-0.2, -0.15) is 0 Å². The third-order valence-corrected chi connectivity index (χ3v) is 3.70. The second-order valence-corrected chi connectivity index (χ2v) is 5.07. The number of rotatable bonds is 5. The van der Waals surface area contributed by atoms with Gasteiger partial charge in [0, 0.05) is 12.5 Å². The molecule has 1 amide bonds. The summed E-state index contributed by atoms with van der Waals surface area (Å²) in [6.07, 6.45) is 5.59. The first kappa shape index (κ1) is 11.4. The van der Waals surface area contributed by atoms with Crippen LogP contribution in [0, 0.1) is 17.8 Å². The largest absolute Gasteiger partial charge is 0.481 e. The van der Waals surface area contributed by atoms with Crippen molar-refractivity contribution in [1.29, 1.82) is 0 Å². The number of carbonyl (C=O) groups excluding carboxylic acids is 1. The Morgan fingerprint density at radius 3 is 2.38 bits per heavy atom. The minimum absolute atomic E-state index is 0.0596. The quantitative estimate of drug-likeness (QED) is 0.743. The summed E-state index contributed by atoms with van der Waals surface area (Å²) in [7, 11) is 0. The van der Waals surface area contributed by atoms with E-state index in [-0.39, 0.29) is 17.7 Å². The SMILES string of the molecule is O=C(O)[C@@H]1CC[C@H](C(=O)NCCC2CC2)C1. The lowest BCUT2D eigenvalue weighted by molar-refractivity contribution is -0.141. The minimum atomic E-state index is -0.756. The number of carboxylic acid groups (broad SMARTS) is 1. The number of hydrogen-bond donors (Lipinski definition) is 2. The predicted octanol–water partition coefficient (Wildman–Crippen LogP) is 1.40. The summed E-state index contributed by atoms with van der Waals surface area (Å²) in [6.45, 7) is 0.762. The highest BCUT2D eigenvalue weighted by atomic mass is 16.4. The average Bonchev–Trinajstić information content (AvgIpc) is 2.93. The van der Waals surface area contributed by atoms with Gasteiger partial charge in [-0.25, -0.2) is 0 Å². The van der Waals surface area contributed by atoms with Gasteiger partial charge in [-0.3, -0.25) is 9.59 Å². The second-order valence-electron chi connectivity index (χ2n) is 5.07. The molecular formula is C12H19NO3. The second kappa shape index (κ2) is 4.85.